The monoisotopic (exact) mass is 238 g/mol. The van der Waals surface area contributed by atoms with E-state index in [1.165, 1.54) is 6.07 Å². The Kier molecular flexibility index (Phi) is 2.63. The van der Waals surface area contributed by atoms with Crippen LogP contribution in [0.3, 0.4) is 0 Å². The quantitative estimate of drug-likeness (QED) is 0.766. The molecular weight excluding hydrogens is 227 g/mol. The minimum atomic E-state index is -1.07. The summed E-state index contributed by atoms with van der Waals surface area (Å²) in [7, 11) is 0. The van der Waals surface area contributed by atoms with E-state index in [1.54, 1.807) is 18.2 Å². The molecule has 0 bridgehead atoms. The lowest BCUT2D eigenvalue weighted by atomic mass is 9.87. The maximum atomic E-state index is 13.7. The molecule has 1 fully saturated rings. The minimum Gasteiger partial charge on any atom is -0.344 e. The van der Waals surface area contributed by atoms with Crippen LogP contribution >= 0.6 is 12.2 Å². The summed E-state index contributed by atoms with van der Waals surface area (Å²) < 4.78 is 13.7. The SMILES string of the molecule is CCC1(c2ccccc2F)NC(=S)NC1=O. The molecule has 1 heterocycles. The maximum absolute atomic E-state index is 13.7. The van der Waals surface area contributed by atoms with E-state index < -0.39 is 11.4 Å². The fourth-order valence-corrected chi connectivity index (χ4v) is 2.19. The molecule has 0 aromatic heterocycles. The van der Waals surface area contributed by atoms with E-state index in [-0.39, 0.29) is 11.0 Å². The summed E-state index contributed by atoms with van der Waals surface area (Å²) in [5, 5.41) is 5.60. The number of thiocarbonyl (C=S) groups is 1. The highest BCUT2D eigenvalue weighted by atomic mass is 32.1. The molecule has 1 aliphatic heterocycles. The van der Waals surface area contributed by atoms with Crippen molar-refractivity contribution < 1.29 is 9.18 Å². The van der Waals surface area contributed by atoms with E-state index in [0.29, 0.717) is 12.0 Å². The second kappa shape index (κ2) is 3.83. The van der Waals surface area contributed by atoms with Gasteiger partial charge in [-0.25, -0.2) is 4.39 Å². The van der Waals surface area contributed by atoms with E-state index in [0.717, 1.165) is 0 Å². The van der Waals surface area contributed by atoms with Gasteiger partial charge in [-0.15, -0.1) is 0 Å². The lowest BCUT2D eigenvalue weighted by Crippen LogP contribution is -2.43. The predicted molar refractivity (Wildman–Crippen MR) is 62.2 cm³/mol. The van der Waals surface area contributed by atoms with Gasteiger partial charge in [0.2, 0.25) is 0 Å². The van der Waals surface area contributed by atoms with Crippen LogP contribution in [0.25, 0.3) is 0 Å². The zero-order valence-electron chi connectivity index (χ0n) is 8.71. The van der Waals surface area contributed by atoms with Gasteiger partial charge < -0.3 is 10.6 Å². The van der Waals surface area contributed by atoms with Crippen molar-refractivity contribution in [2.75, 3.05) is 0 Å². The number of rotatable bonds is 2. The zero-order chi connectivity index (χ0) is 11.8. The van der Waals surface area contributed by atoms with Gasteiger partial charge in [0.1, 0.15) is 11.4 Å². The highest BCUT2D eigenvalue weighted by Crippen LogP contribution is 2.30. The van der Waals surface area contributed by atoms with Crippen LogP contribution in [-0.2, 0) is 10.3 Å². The first kappa shape index (κ1) is 11.0. The van der Waals surface area contributed by atoms with E-state index in [9.17, 15) is 9.18 Å². The molecule has 16 heavy (non-hydrogen) atoms. The molecule has 1 atom stereocenters. The first-order chi connectivity index (χ1) is 7.60. The van der Waals surface area contributed by atoms with E-state index in [2.05, 4.69) is 10.6 Å². The van der Waals surface area contributed by atoms with Gasteiger partial charge in [0.15, 0.2) is 5.11 Å². The Hall–Kier alpha value is -1.49. The summed E-state index contributed by atoms with van der Waals surface area (Å²) >= 11 is 4.89. The molecule has 1 aromatic carbocycles. The van der Waals surface area contributed by atoms with Gasteiger partial charge in [-0.2, -0.15) is 0 Å². The third kappa shape index (κ3) is 1.48. The number of benzene rings is 1. The second-order valence-electron chi connectivity index (χ2n) is 3.65. The molecular formula is C11H11FN2OS. The highest BCUT2D eigenvalue weighted by Gasteiger charge is 2.46. The summed E-state index contributed by atoms with van der Waals surface area (Å²) in [5.74, 6) is -0.707. The Morgan fingerprint density at radius 1 is 1.44 bits per heavy atom. The van der Waals surface area contributed by atoms with E-state index in [4.69, 9.17) is 12.2 Å². The fourth-order valence-electron chi connectivity index (χ4n) is 1.93. The number of carbonyl (C=O) groups is 1. The fraction of sp³-hybridized carbons (Fsp3) is 0.273. The normalized spacial score (nSPS) is 24.1. The molecule has 2 N–H and O–H groups in total. The van der Waals surface area contributed by atoms with Gasteiger partial charge in [-0.3, -0.25) is 4.79 Å². The third-order valence-corrected chi connectivity index (χ3v) is 3.01. The third-order valence-electron chi connectivity index (χ3n) is 2.81. The molecule has 3 nitrogen and oxygen atoms in total. The van der Waals surface area contributed by atoms with Gasteiger partial charge in [0.25, 0.3) is 5.91 Å². The zero-order valence-corrected chi connectivity index (χ0v) is 9.53. The largest absolute Gasteiger partial charge is 0.344 e. The number of amides is 1. The second-order valence-corrected chi connectivity index (χ2v) is 4.06. The Morgan fingerprint density at radius 2 is 2.12 bits per heavy atom. The summed E-state index contributed by atoms with van der Waals surface area (Å²) in [6.45, 7) is 1.81. The smallest absolute Gasteiger partial charge is 0.256 e. The lowest BCUT2D eigenvalue weighted by Gasteiger charge is -2.25. The maximum Gasteiger partial charge on any atom is 0.256 e. The molecule has 1 amide bonds. The molecule has 0 spiro atoms. The summed E-state index contributed by atoms with van der Waals surface area (Å²) in [4.78, 5) is 11.9. The minimum absolute atomic E-state index is 0.245. The molecule has 84 valence electrons. The van der Waals surface area contributed by atoms with Crippen LogP contribution in [0.15, 0.2) is 24.3 Å². The van der Waals surface area contributed by atoms with Crippen molar-refractivity contribution in [1.29, 1.82) is 0 Å². The summed E-state index contributed by atoms with van der Waals surface area (Å²) in [6, 6.07) is 6.22. The summed E-state index contributed by atoms with van der Waals surface area (Å²) in [5.41, 5.74) is -0.738. The van der Waals surface area contributed by atoms with Crippen molar-refractivity contribution in [3.63, 3.8) is 0 Å². The van der Waals surface area contributed by atoms with E-state index in [1.807, 2.05) is 6.92 Å². The van der Waals surface area contributed by atoms with Crippen molar-refractivity contribution in [1.82, 2.24) is 10.6 Å². The molecule has 1 aromatic rings. The average molecular weight is 238 g/mol. The Bertz CT molecular complexity index is 463. The number of nitrogens with one attached hydrogen (secondary N) is 2. The number of carbonyl (C=O) groups excluding carboxylic acids is 1. The van der Waals surface area contributed by atoms with E-state index >= 15 is 0 Å². The Labute approximate surface area is 98.0 Å². The summed E-state index contributed by atoms with van der Waals surface area (Å²) in [6.07, 6.45) is 0.430. The number of hydrogen-bond acceptors (Lipinski definition) is 2. The highest BCUT2D eigenvalue weighted by molar-refractivity contribution is 7.80. The molecule has 2 rings (SSSR count). The topological polar surface area (TPSA) is 41.1 Å². The van der Waals surface area contributed by atoms with Crippen LogP contribution in [0.2, 0.25) is 0 Å². The van der Waals surface area contributed by atoms with Crippen molar-refractivity contribution in [3.8, 4) is 0 Å². The molecule has 0 saturated carbocycles. The van der Waals surface area contributed by atoms with Gasteiger partial charge >= 0.3 is 0 Å². The average Bonchev–Trinajstić information content (AvgIpc) is 2.55. The van der Waals surface area contributed by atoms with Crippen molar-refractivity contribution in [3.05, 3.63) is 35.6 Å². The van der Waals surface area contributed by atoms with Crippen LogP contribution in [0.5, 0.6) is 0 Å². The predicted octanol–water partition coefficient (Wildman–Crippen LogP) is 1.44. The first-order valence-corrected chi connectivity index (χ1v) is 5.39. The van der Waals surface area contributed by atoms with Gasteiger partial charge in [0.05, 0.1) is 0 Å². The van der Waals surface area contributed by atoms with Crippen LogP contribution in [-0.4, -0.2) is 11.0 Å². The van der Waals surface area contributed by atoms with Crippen molar-refractivity contribution >= 4 is 23.2 Å². The molecule has 1 aliphatic rings. The molecule has 0 aliphatic carbocycles. The van der Waals surface area contributed by atoms with Crippen LogP contribution in [0.1, 0.15) is 18.9 Å². The number of halogens is 1. The van der Waals surface area contributed by atoms with Crippen molar-refractivity contribution in [2.45, 2.75) is 18.9 Å². The van der Waals surface area contributed by atoms with Crippen molar-refractivity contribution in [2.24, 2.45) is 0 Å². The van der Waals surface area contributed by atoms with Crippen LogP contribution < -0.4 is 10.6 Å². The van der Waals surface area contributed by atoms with Crippen LogP contribution in [0, 0.1) is 5.82 Å². The van der Waals surface area contributed by atoms with Gasteiger partial charge in [-0.05, 0) is 24.7 Å². The van der Waals surface area contributed by atoms with Gasteiger partial charge in [-0.1, -0.05) is 25.1 Å². The van der Waals surface area contributed by atoms with Crippen LogP contribution in [0.4, 0.5) is 4.39 Å². The standard InChI is InChI=1S/C11H11FN2OS/c1-2-11(9(15)13-10(16)14-11)7-5-3-4-6-8(7)12/h3-6H,2H2,1H3,(H2,13,14,15,16). The number of hydrogen-bond donors (Lipinski definition) is 2. The molecule has 1 unspecified atom stereocenters. The first-order valence-electron chi connectivity index (χ1n) is 4.99. The lowest BCUT2D eigenvalue weighted by molar-refractivity contribution is -0.124. The Balaban J connectivity index is 2.55. The molecule has 0 radical (unpaired) electrons. The molecule has 5 heteroatoms. The molecule has 1 saturated heterocycles. The van der Waals surface area contributed by atoms with Gasteiger partial charge in [0, 0.05) is 5.56 Å². The Morgan fingerprint density at radius 3 is 2.62 bits per heavy atom.